The second-order valence-electron chi connectivity index (χ2n) is 8.49. The molecule has 6 heteroatoms. The van der Waals surface area contributed by atoms with Crippen molar-refractivity contribution in [1.29, 1.82) is 0 Å². The minimum Gasteiger partial charge on any atom is -0.376 e. The number of nitrogens with zero attached hydrogens (tertiary/aromatic N) is 3. The average molecular weight is 433 g/mol. The molecule has 1 N–H and O–H groups in total. The van der Waals surface area contributed by atoms with E-state index in [4.69, 9.17) is 17.0 Å². The summed E-state index contributed by atoms with van der Waals surface area (Å²) in [7, 11) is 0. The molecule has 0 radical (unpaired) electrons. The van der Waals surface area contributed by atoms with E-state index in [0.29, 0.717) is 0 Å². The summed E-state index contributed by atoms with van der Waals surface area (Å²) in [6.07, 6.45) is 6.40. The largest absolute Gasteiger partial charge is 0.376 e. The van der Waals surface area contributed by atoms with Crippen LogP contribution in [0.4, 0.5) is 0 Å². The van der Waals surface area contributed by atoms with Crippen molar-refractivity contribution in [2.75, 3.05) is 13.2 Å². The van der Waals surface area contributed by atoms with Crippen LogP contribution in [0.3, 0.4) is 0 Å². The van der Waals surface area contributed by atoms with Crippen LogP contribution in [-0.4, -0.2) is 38.8 Å². The van der Waals surface area contributed by atoms with Gasteiger partial charge in [0, 0.05) is 36.9 Å². The van der Waals surface area contributed by atoms with Crippen molar-refractivity contribution >= 4 is 17.3 Å². The first-order valence-electron chi connectivity index (χ1n) is 11.0. The number of nitrogens with one attached hydrogen (secondary N) is 1. The summed E-state index contributed by atoms with van der Waals surface area (Å²) in [6, 6.07) is 17.0. The van der Waals surface area contributed by atoms with E-state index in [2.05, 4.69) is 76.2 Å². The van der Waals surface area contributed by atoms with Crippen LogP contribution in [0, 0.1) is 13.8 Å². The van der Waals surface area contributed by atoms with Crippen molar-refractivity contribution in [3.8, 4) is 5.69 Å². The molecule has 0 aliphatic carbocycles. The maximum atomic E-state index is 5.96. The van der Waals surface area contributed by atoms with Gasteiger partial charge in [-0.05, 0) is 86.4 Å². The van der Waals surface area contributed by atoms with Crippen LogP contribution < -0.4 is 5.32 Å². The third-order valence-corrected chi connectivity index (χ3v) is 6.83. The molecule has 2 aliphatic heterocycles. The fourth-order valence-electron chi connectivity index (χ4n) is 4.68. The van der Waals surface area contributed by atoms with Gasteiger partial charge in [0.05, 0.1) is 23.9 Å². The lowest BCUT2D eigenvalue weighted by atomic mass is 10.0. The van der Waals surface area contributed by atoms with Gasteiger partial charge < -0.3 is 19.5 Å². The molecule has 5 nitrogen and oxygen atoms in total. The first kappa shape index (κ1) is 20.2. The molecule has 31 heavy (non-hydrogen) atoms. The Hall–Kier alpha value is -2.70. The molecule has 5 rings (SSSR count). The van der Waals surface area contributed by atoms with Gasteiger partial charge in [-0.3, -0.25) is 4.98 Å². The minimum atomic E-state index is -0.0182. The summed E-state index contributed by atoms with van der Waals surface area (Å²) in [5.41, 5.74) is 5.95. The van der Waals surface area contributed by atoms with E-state index in [9.17, 15) is 0 Å². The second kappa shape index (κ2) is 8.44. The Morgan fingerprint density at radius 1 is 1.13 bits per heavy atom. The summed E-state index contributed by atoms with van der Waals surface area (Å²) in [4.78, 5) is 6.96. The van der Waals surface area contributed by atoms with Crippen molar-refractivity contribution in [3.05, 3.63) is 83.4 Å². The van der Waals surface area contributed by atoms with E-state index in [0.717, 1.165) is 42.5 Å². The Labute approximate surface area is 189 Å². The highest BCUT2D eigenvalue weighted by molar-refractivity contribution is 7.80. The number of ether oxygens (including phenoxy) is 1. The number of rotatable bonds is 5. The predicted octanol–water partition coefficient (Wildman–Crippen LogP) is 4.64. The Kier molecular flexibility index (Phi) is 5.50. The van der Waals surface area contributed by atoms with E-state index in [-0.39, 0.29) is 18.2 Å². The number of hydrogen-bond acceptors (Lipinski definition) is 3. The van der Waals surface area contributed by atoms with Gasteiger partial charge in [0.2, 0.25) is 0 Å². The van der Waals surface area contributed by atoms with Crippen molar-refractivity contribution in [2.24, 2.45) is 0 Å². The van der Waals surface area contributed by atoms with Crippen molar-refractivity contribution < 1.29 is 4.74 Å². The lowest BCUT2D eigenvalue weighted by Crippen LogP contribution is -2.36. The van der Waals surface area contributed by atoms with Gasteiger partial charge in [0.1, 0.15) is 0 Å². The number of benzene rings is 1. The standard InChI is InChI=1S/C25H28N4OS/c1-17-10-11-19(15-18(17)2)28-13-5-9-22(28)24-23(21-8-3-4-12-26-21)27-25(31)29(24)16-20-7-6-14-30-20/h3-5,8-13,15,20,23-24H,6-7,14,16H2,1-2H3,(H,27,31)/t20-,23+,24-/m0/s1. The Morgan fingerprint density at radius 2 is 2.03 bits per heavy atom. The highest BCUT2D eigenvalue weighted by Gasteiger charge is 2.42. The number of thiocarbonyl (C=S) groups is 1. The molecule has 0 amide bonds. The van der Waals surface area contributed by atoms with Crippen molar-refractivity contribution in [2.45, 2.75) is 44.9 Å². The molecule has 4 heterocycles. The third-order valence-electron chi connectivity index (χ3n) is 6.47. The molecule has 0 spiro atoms. The number of aromatic nitrogens is 2. The van der Waals surface area contributed by atoms with E-state index in [1.807, 2.05) is 18.3 Å². The summed E-state index contributed by atoms with van der Waals surface area (Å²) in [6.45, 7) is 5.94. The molecule has 2 aliphatic rings. The van der Waals surface area contributed by atoms with Crippen LogP contribution in [-0.2, 0) is 4.74 Å². The molecule has 160 valence electrons. The minimum absolute atomic E-state index is 0.0182. The van der Waals surface area contributed by atoms with Crippen LogP contribution in [0.15, 0.2) is 60.9 Å². The Bertz CT molecular complexity index is 1070. The second-order valence-corrected chi connectivity index (χ2v) is 8.87. The molecule has 0 saturated carbocycles. The van der Waals surface area contributed by atoms with E-state index in [1.54, 1.807) is 0 Å². The first-order chi connectivity index (χ1) is 15.1. The van der Waals surface area contributed by atoms with Crippen molar-refractivity contribution in [1.82, 2.24) is 19.8 Å². The zero-order chi connectivity index (χ0) is 21.4. The zero-order valence-corrected chi connectivity index (χ0v) is 18.8. The predicted molar refractivity (Wildman–Crippen MR) is 126 cm³/mol. The lowest BCUT2D eigenvalue weighted by molar-refractivity contribution is 0.0836. The molecule has 3 atom stereocenters. The van der Waals surface area contributed by atoms with Crippen LogP contribution in [0.5, 0.6) is 0 Å². The summed E-state index contributed by atoms with van der Waals surface area (Å²) in [5.74, 6) is 0. The SMILES string of the molecule is Cc1ccc(-n2cccc2[C@H]2[C@@H](c3ccccn3)NC(=S)N2C[C@@H]2CCCO2)cc1C. The average Bonchev–Trinajstić information content (AvgIpc) is 3.52. The van der Waals surface area contributed by atoms with Crippen LogP contribution in [0.25, 0.3) is 5.69 Å². The smallest absolute Gasteiger partial charge is 0.170 e. The lowest BCUT2D eigenvalue weighted by Gasteiger charge is -2.30. The van der Waals surface area contributed by atoms with E-state index >= 15 is 0 Å². The maximum Gasteiger partial charge on any atom is 0.170 e. The number of aryl methyl sites for hydroxylation is 2. The normalized spacial score (nSPS) is 23.4. The topological polar surface area (TPSA) is 42.3 Å². The van der Waals surface area contributed by atoms with Crippen LogP contribution in [0.1, 0.15) is 47.4 Å². The molecule has 2 aromatic heterocycles. The molecule has 3 aromatic rings. The summed E-state index contributed by atoms with van der Waals surface area (Å²) >= 11 is 5.82. The van der Waals surface area contributed by atoms with Crippen LogP contribution in [0.2, 0.25) is 0 Å². The fourth-order valence-corrected chi connectivity index (χ4v) is 4.99. The molecule has 0 bridgehead atoms. The number of pyridine rings is 1. The monoisotopic (exact) mass is 432 g/mol. The Balaban J connectivity index is 1.57. The van der Waals surface area contributed by atoms with Gasteiger partial charge >= 0.3 is 0 Å². The maximum absolute atomic E-state index is 5.96. The Morgan fingerprint density at radius 3 is 2.77 bits per heavy atom. The van der Waals surface area contributed by atoms with Gasteiger partial charge in [-0.25, -0.2) is 0 Å². The molecule has 0 unspecified atom stereocenters. The van der Waals surface area contributed by atoms with Gasteiger partial charge in [0.15, 0.2) is 5.11 Å². The highest BCUT2D eigenvalue weighted by atomic mass is 32.1. The van der Waals surface area contributed by atoms with Gasteiger partial charge in [-0.15, -0.1) is 0 Å². The number of hydrogen-bond donors (Lipinski definition) is 1. The van der Waals surface area contributed by atoms with Gasteiger partial charge in [0.25, 0.3) is 0 Å². The van der Waals surface area contributed by atoms with Gasteiger partial charge in [-0.2, -0.15) is 0 Å². The van der Waals surface area contributed by atoms with E-state index in [1.165, 1.54) is 16.8 Å². The van der Waals surface area contributed by atoms with E-state index < -0.39 is 0 Å². The first-order valence-corrected chi connectivity index (χ1v) is 11.4. The summed E-state index contributed by atoms with van der Waals surface area (Å²) in [5, 5.41) is 4.33. The summed E-state index contributed by atoms with van der Waals surface area (Å²) < 4.78 is 8.25. The van der Waals surface area contributed by atoms with Crippen molar-refractivity contribution in [3.63, 3.8) is 0 Å². The third kappa shape index (κ3) is 3.86. The molecule has 1 aromatic carbocycles. The quantitative estimate of drug-likeness (QED) is 0.595. The molecule has 2 saturated heterocycles. The zero-order valence-electron chi connectivity index (χ0n) is 18.0. The molecular weight excluding hydrogens is 404 g/mol. The highest BCUT2D eigenvalue weighted by Crippen LogP contribution is 2.40. The fraction of sp³-hybridized carbons (Fsp3) is 0.360. The molecular formula is C25H28N4OS. The van der Waals surface area contributed by atoms with Crippen LogP contribution >= 0.6 is 12.2 Å². The van der Waals surface area contributed by atoms with Gasteiger partial charge in [-0.1, -0.05) is 12.1 Å². The molecule has 2 fully saturated rings.